The number of hydrogen-bond acceptors (Lipinski definition) is 2. The highest BCUT2D eigenvalue weighted by molar-refractivity contribution is 6.30. The molecule has 1 saturated carbocycles. The number of amides is 1. The molecule has 0 spiro atoms. The zero-order valence-corrected chi connectivity index (χ0v) is 11.2. The van der Waals surface area contributed by atoms with E-state index in [9.17, 15) is 9.18 Å². The van der Waals surface area contributed by atoms with Crippen molar-refractivity contribution in [2.75, 3.05) is 11.9 Å². The molecule has 1 heterocycles. The van der Waals surface area contributed by atoms with E-state index in [2.05, 4.69) is 10.6 Å². The molecule has 1 aliphatic heterocycles. The molecule has 3 nitrogen and oxygen atoms in total. The molecular formula is C14H16ClFN2O. The lowest BCUT2D eigenvalue weighted by molar-refractivity contribution is -0.118. The summed E-state index contributed by atoms with van der Waals surface area (Å²) in [6, 6.07) is 3.97. The highest BCUT2D eigenvalue weighted by Crippen LogP contribution is 2.38. The van der Waals surface area contributed by atoms with Crippen LogP contribution in [0.5, 0.6) is 0 Å². The number of carbonyl (C=O) groups is 1. The third kappa shape index (κ3) is 2.47. The lowest BCUT2D eigenvalue weighted by Crippen LogP contribution is -2.39. The molecule has 1 aromatic rings. The van der Waals surface area contributed by atoms with Crippen molar-refractivity contribution >= 4 is 23.2 Å². The Kier molecular flexibility index (Phi) is 3.46. The summed E-state index contributed by atoms with van der Waals surface area (Å²) in [5.74, 6) is 0.372. The standard InChI is InChI=1S/C14H16ClFN2O/c15-9-4-5-11(16)12(6-9)18-14(19)13-10-3-1-2-8(10)7-17-13/h4-6,8,10,13,17H,1-3,7H2,(H,18,19). The van der Waals surface area contributed by atoms with Crippen molar-refractivity contribution in [2.24, 2.45) is 11.8 Å². The molecule has 1 saturated heterocycles. The molecule has 1 aromatic carbocycles. The number of nitrogens with one attached hydrogen (secondary N) is 2. The van der Waals surface area contributed by atoms with Gasteiger partial charge in [-0.05, 0) is 49.4 Å². The van der Waals surface area contributed by atoms with Crippen molar-refractivity contribution in [3.8, 4) is 0 Å². The minimum absolute atomic E-state index is 0.153. The molecule has 2 fully saturated rings. The van der Waals surface area contributed by atoms with Crippen molar-refractivity contribution in [1.82, 2.24) is 5.32 Å². The highest BCUT2D eigenvalue weighted by Gasteiger charge is 2.42. The molecule has 0 bridgehead atoms. The smallest absolute Gasteiger partial charge is 0.241 e. The van der Waals surface area contributed by atoms with Gasteiger partial charge in [-0.2, -0.15) is 0 Å². The fraction of sp³-hybridized carbons (Fsp3) is 0.500. The van der Waals surface area contributed by atoms with Gasteiger partial charge in [0, 0.05) is 5.02 Å². The summed E-state index contributed by atoms with van der Waals surface area (Å²) in [7, 11) is 0. The number of rotatable bonds is 2. The molecule has 1 aliphatic carbocycles. The van der Waals surface area contributed by atoms with E-state index in [1.807, 2.05) is 0 Å². The average molecular weight is 283 g/mol. The molecule has 102 valence electrons. The van der Waals surface area contributed by atoms with Crippen LogP contribution in [0, 0.1) is 17.7 Å². The van der Waals surface area contributed by atoms with Crippen molar-refractivity contribution < 1.29 is 9.18 Å². The number of benzene rings is 1. The molecule has 3 unspecified atom stereocenters. The Hall–Kier alpha value is -1.13. The first-order chi connectivity index (χ1) is 9.15. The van der Waals surface area contributed by atoms with E-state index in [1.165, 1.54) is 31.0 Å². The van der Waals surface area contributed by atoms with E-state index >= 15 is 0 Å². The van der Waals surface area contributed by atoms with Gasteiger partial charge in [-0.25, -0.2) is 4.39 Å². The summed E-state index contributed by atoms with van der Waals surface area (Å²) < 4.78 is 13.6. The summed E-state index contributed by atoms with van der Waals surface area (Å²) in [5.41, 5.74) is 0.153. The molecule has 3 atom stereocenters. The first-order valence-corrected chi connectivity index (χ1v) is 7.02. The van der Waals surface area contributed by atoms with E-state index in [0.717, 1.165) is 13.0 Å². The van der Waals surface area contributed by atoms with Crippen LogP contribution in [0.25, 0.3) is 0 Å². The maximum absolute atomic E-state index is 13.6. The molecular weight excluding hydrogens is 267 g/mol. The predicted molar refractivity (Wildman–Crippen MR) is 72.7 cm³/mol. The molecule has 0 radical (unpaired) electrons. The predicted octanol–water partition coefficient (Wildman–Crippen LogP) is 2.81. The molecule has 19 heavy (non-hydrogen) atoms. The van der Waals surface area contributed by atoms with Crippen LogP contribution in [0.1, 0.15) is 19.3 Å². The lowest BCUT2D eigenvalue weighted by atomic mass is 9.93. The second kappa shape index (κ2) is 5.10. The van der Waals surface area contributed by atoms with Gasteiger partial charge >= 0.3 is 0 Å². The summed E-state index contributed by atoms with van der Waals surface area (Å²) in [5, 5.41) is 6.30. The van der Waals surface area contributed by atoms with E-state index in [1.54, 1.807) is 0 Å². The normalized spacial score (nSPS) is 29.3. The highest BCUT2D eigenvalue weighted by atomic mass is 35.5. The third-order valence-corrected chi connectivity index (χ3v) is 4.45. The van der Waals surface area contributed by atoms with Crippen molar-refractivity contribution in [1.29, 1.82) is 0 Å². The van der Waals surface area contributed by atoms with Crippen molar-refractivity contribution in [2.45, 2.75) is 25.3 Å². The zero-order valence-electron chi connectivity index (χ0n) is 10.5. The van der Waals surface area contributed by atoms with Crippen LogP contribution in [-0.2, 0) is 4.79 Å². The van der Waals surface area contributed by atoms with Crippen LogP contribution in [0.3, 0.4) is 0 Å². The third-order valence-electron chi connectivity index (χ3n) is 4.21. The van der Waals surface area contributed by atoms with E-state index in [4.69, 9.17) is 11.6 Å². The van der Waals surface area contributed by atoms with Gasteiger partial charge in [-0.3, -0.25) is 4.79 Å². The minimum atomic E-state index is -0.460. The molecule has 5 heteroatoms. The summed E-state index contributed by atoms with van der Waals surface area (Å²) in [6.45, 7) is 0.890. The fourth-order valence-corrected chi connectivity index (χ4v) is 3.45. The van der Waals surface area contributed by atoms with E-state index in [0.29, 0.717) is 16.9 Å². The zero-order chi connectivity index (χ0) is 13.4. The van der Waals surface area contributed by atoms with E-state index in [-0.39, 0.29) is 17.6 Å². The van der Waals surface area contributed by atoms with Gasteiger partial charge in [-0.15, -0.1) is 0 Å². The largest absolute Gasteiger partial charge is 0.322 e. The maximum atomic E-state index is 13.6. The summed E-state index contributed by atoms with van der Waals surface area (Å²) >= 11 is 5.82. The van der Waals surface area contributed by atoms with Gasteiger partial charge in [0.25, 0.3) is 0 Å². The van der Waals surface area contributed by atoms with Crippen molar-refractivity contribution in [3.63, 3.8) is 0 Å². The second-order valence-corrected chi connectivity index (χ2v) is 5.79. The van der Waals surface area contributed by atoms with Crippen LogP contribution in [0.15, 0.2) is 18.2 Å². The Morgan fingerprint density at radius 3 is 3.11 bits per heavy atom. The minimum Gasteiger partial charge on any atom is -0.322 e. The van der Waals surface area contributed by atoms with Crippen LogP contribution in [-0.4, -0.2) is 18.5 Å². The first-order valence-electron chi connectivity index (χ1n) is 6.64. The number of anilines is 1. The Morgan fingerprint density at radius 2 is 2.26 bits per heavy atom. The van der Waals surface area contributed by atoms with Gasteiger partial charge in [0.05, 0.1) is 11.7 Å². The van der Waals surface area contributed by atoms with Gasteiger partial charge in [-0.1, -0.05) is 18.0 Å². The number of halogens is 2. The lowest BCUT2D eigenvalue weighted by Gasteiger charge is -2.18. The van der Waals surface area contributed by atoms with Gasteiger partial charge < -0.3 is 10.6 Å². The van der Waals surface area contributed by atoms with E-state index < -0.39 is 5.82 Å². The molecule has 1 amide bonds. The molecule has 2 N–H and O–H groups in total. The molecule has 0 aromatic heterocycles. The molecule has 2 aliphatic rings. The van der Waals surface area contributed by atoms with Crippen LogP contribution in [0.4, 0.5) is 10.1 Å². The Balaban J connectivity index is 1.73. The first kappa shape index (κ1) is 12.9. The summed E-state index contributed by atoms with van der Waals surface area (Å²) in [6.07, 6.45) is 3.45. The quantitative estimate of drug-likeness (QED) is 0.876. The van der Waals surface area contributed by atoms with Crippen LogP contribution < -0.4 is 10.6 Å². The van der Waals surface area contributed by atoms with Gasteiger partial charge in [0.2, 0.25) is 5.91 Å². The Morgan fingerprint density at radius 1 is 1.42 bits per heavy atom. The average Bonchev–Trinajstić information content (AvgIpc) is 2.95. The van der Waals surface area contributed by atoms with Crippen molar-refractivity contribution in [3.05, 3.63) is 29.0 Å². The maximum Gasteiger partial charge on any atom is 0.241 e. The topological polar surface area (TPSA) is 41.1 Å². The molecule has 3 rings (SSSR count). The van der Waals surface area contributed by atoms with Gasteiger partial charge in [0.1, 0.15) is 5.82 Å². The number of hydrogen-bond donors (Lipinski definition) is 2. The number of fused-ring (bicyclic) bond motifs is 1. The Labute approximate surface area is 116 Å². The Bertz CT molecular complexity index is 508. The van der Waals surface area contributed by atoms with Crippen LogP contribution >= 0.6 is 11.6 Å². The summed E-state index contributed by atoms with van der Waals surface area (Å²) in [4.78, 5) is 12.2. The van der Waals surface area contributed by atoms with Gasteiger partial charge in [0.15, 0.2) is 0 Å². The fourth-order valence-electron chi connectivity index (χ4n) is 3.28. The SMILES string of the molecule is O=C(Nc1cc(Cl)ccc1F)C1NCC2CCCC21. The van der Waals surface area contributed by atoms with Crippen LogP contribution in [0.2, 0.25) is 5.02 Å². The monoisotopic (exact) mass is 282 g/mol. The second-order valence-electron chi connectivity index (χ2n) is 5.35. The number of carbonyl (C=O) groups excluding carboxylic acids is 1.